The molecule has 0 aromatic heterocycles. The van der Waals surface area contributed by atoms with Crippen LogP contribution in [-0.4, -0.2) is 28.6 Å². The number of alkyl halides is 1. The van der Waals surface area contributed by atoms with Gasteiger partial charge in [-0.3, -0.25) is 0 Å². The van der Waals surface area contributed by atoms with E-state index in [4.69, 9.17) is 0 Å². The van der Waals surface area contributed by atoms with E-state index in [0.717, 1.165) is 42.4 Å². The molecular formula is C23H37FO2. The van der Waals surface area contributed by atoms with Gasteiger partial charge in [-0.15, -0.1) is 0 Å². The molecule has 2 N–H and O–H groups in total. The summed E-state index contributed by atoms with van der Waals surface area (Å²) in [5, 5.41) is 20.7. The van der Waals surface area contributed by atoms with E-state index in [0.29, 0.717) is 17.3 Å². The van der Waals surface area contributed by atoms with Gasteiger partial charge in [-0.2, -0.15) is 0 Å². The van der Waals surface area contributed by atoms with Crippen molar-refractivity contribution in [2.24, 2.45) is 52.8 Å². The number of aliphatic hydroxyl groups excluding tert-OH is 1. The van der Waals surface area contributed by atoms with E-state index in [2.05, 4.69) is 13.8 Å². The Bertz CT molecular complexity index is 566. The summed E-state index contributed by atoms with van der Waals surface area (Å²) in [5.74, 6) is 5.34. The van der Waals surface area contributed by atoms with Gasteiger partial charge in [0.25, 0.3) is 0 Å². The van der Waals surface area contributed by atoms with Crippen molar-refractivity contribution >= 4 is 0 Å². The molecule has 5 rings (SSSR count). The normalized spacial score (nSPS) is 57.3. The van der Waals surface area contributed by atoms with E-state index in [1.165, 1.54) is 44.9 Å². The molecule has 5 fully saturated rings. The molecule has 0 radical (unpaired) electrons. The lowest BCUT2D eigenvalue weighted by Gasteiger charge is -2.56. The number of fused-ring (bicyclic) bond motifs is 7. The van der Waals surface area contributed by atoms with Gasteiger partial charge in [-0.1, -0.05) is 13.8 Å². The lowest BCUT2D eigenvalue weighted by Crippen LogP contribution is -2.50. The van der Waals surface area contributed by atoms with Gasteiger partial charge < -0.3 is 10.2 Å². The smallest absolute Gasteiger partial charge is 0.116 e. The molecule has 0 aromatic carbocycles. The Morgan fingerprint density at radius 1 is 0.923 bits per heavy atom. The van der Waals surface area contributed by atoms with Gasteiger partial charge in [-0.05, 0) is 111 Å². The molecule has 2 nitrogen and oxygen atoms in total. The van der Waals surface area contributed by atoms with E-state index in [9.17, 15) is 14.6 Å². The van der Waals surface area contributed by atoms with Crippen LogP contribution in [0.25, 0.3) is 0 Å². The molecule has 0 aliphatic heterocycles. The molecular weight excluding hydrogens is 327 g/mol. The van der Waals surface area contributed by atoms with Gasteiger partial charge in [0.05, 0.1) is 11.7 Å². The fraction of sp³-hybridized carbons (Fsp3) is 1.00. The van der Waals surface area contributed by atoms with Crippen molar-refractivity contribution < 1.29 is 14.6 Å². The van der Waals surface area contributed by atoms with Crippen LogP contribution in [0, 0.1) is 52.8 Å². The van der Waals surface area contributed by atoms with E-state index in [-0.39, 0.29) is 11.5 Å². The molecule has 0 bridgehead atoms. The molecule has 0 heterocycles. The Labute approximate surface area is 157 Å². The Morgan fingerprint density at radius 3 is 2.27 bits per heavy atom. The summed E-state index contributed by atoms with van der Waals surface area (Å²) >= 11 is 0. The zero-order valence-electron chi connectivity index (χ0n) is 16.5. The zero-order valence-corrected chi connectivity index (χ0v) is 16.5. The molecule has 5 aliphatic rings. The summed E-state index contributed by atoms with van der Waals surface area (Å²) in [6.45, 7) is 3.96. The number of hydrogen-bond acceptors (Lipinski definition) is 2. The van der Waals surface area contributed by atoms with Crippen LogP contribution in [-0.2, 0) is 0 Å². The zero-order chi connectivity index (χ0) is 18.3. The highest BCUT2D eigenvalue weighted by molar-refractivity contribution is 5.15. The van der Waals surface area contributed by atoms with Gasteiger partial charge in [0.1, 0.15) is 6.67 Å². The number of rotatable bonds is 3. The number of halogens is 1. The Morgan fingerprint density at radius 2 is 1.58 bits per heavy atom. The maximum atomic E-state index is 13.1. The summed E-state index contributed by atoms with van der Waals surface area (Å²) in [6, 6.07) is 0. The minimum absolute atomic E-state index is 0.0824. The topological polar surface area (TPSA) is 40.5 Å². The fourth-order valence-corrected chi connectivity index (χ4v) is 9.00. The molecule has 11 atom stereocenters. The molecule has 5 saturated carbocycles. The quantitative estimate of drug-likeness (QED) is 0.769. The first-order valence-electron chi connectivity index (χ1n) is 11.4. The highest BCUT2D eigenvalue weighted by atomic mass is 19.1. The monoisotopic (exact) mass is 364 g/mol. The molecule has 0 saturated heterocycles. The van der Waals surface area contributed by atoms with Crippen LogP contribution in [0.2, 0.25) is 0 Å². The van der Waals surface area contributed by atoms with Crippen LogP contribution >= 0.6 is 0 Å². The number of hydrogen-bond donors (Lipinski definition) is 2. The van der Waals surface area contributed by atoms with Crippen LogP contribution in [0.15, 0.2) is 0 Å². The summed E-state index contributed by atoms with van der Waals surface area (Å²) in [7, 11) is 0. The van der Waals surface area contributed by atoms with E-state index in [1.807, 2.05) is 0 Å². The van der Waals surface area contributed by atoms with Crippen LogP contribution in [0.1, 0.15) is 71.6 Å². The van der Waals surface area contributed by atoms with Crippen LogP contribution in [0.4, 0.5) is 4.39 Å². The predicted octanol–water partition coefficient (Wildman–Crippen LogP) is 4.58. The van der Waals surface area contributed by atoms with Gasteiger partial charge in [-0.25, -0.2) is 4.39 Å². The van der Waals surface area contributed by atoms with Crippen molar-refractivity contribution in [1.82, 2.24) is 0 Å². The molecule has 0 spiro atoms. The minimum Gasteiger partial charge on any atom is -0.390 e. The fourth-order valence-electron chi connectivity index (χ4n) is 9.00. The van der Waals surface area contributed by atoms with E-state index >= 15 is 0 Å². The molecule has 3 heteroatoms. The maximum Gasteiger partial charge on any atom is 0.116 e. The van der Waals surface area contributed by atoms with Gasteiger partial charge in [0, 0.05) is 0 Å². The third-order valence-electron chi connectivity index (χ3n) is 10.4. The molecule has 0 amide bonds. The van der Waals surface area contributed by atoms with Gasteiger partial charge >= 0.3 is 0 Å². The summed E-state index contributed by atoms with van der Waals surface area (Å²) in [6.07, 6.45) is 10.3. The minimum atomic E-state index is -0.782. The van der Waals surface area contributed by atoms with E-state index in [1.54, 1.807) is 0 Å². The van der Waals surface area contributed by atoms with Crippen LogP contribution in [0.5, 0.6) is 0 Å². The first-order valence-corrected chi connectivity index (χ1v) is 11.4. The standard InChI is InChI=1S/C23H37FO2/c1-13(21(25)12-24)18-5-6-19-16-3-4-17-15(8-10-23(26)11-20(17)23)14(16)7-9-22(18,19)2/h13-21,25-26H,3-12H2,1-2H3/t13-,14+,15+,16+,17-,18+,19-,20?,21+,22+,23-/m0/s1. The molecule has 26 heavy (non-hydrogen) atoms. The first kappa shape index (κ1) is 17.9. The van der Waals surface area contributed by atoms with Crippen molar-refractivity contribution in [2.45, 2.75) is 83.3 Å². The van der Waals surface area contributed by atoms with Crippen molar-refractivity contribution in [2.75, 3.05) is 6.67 Å². The maximum absolute atomic E-state index is 13.1. The summed E-state index contributed by atoms with van der Waals surface area (Å²) in [5.41, 5.74) is 0.0339. The average molecular weight is 365 g/mol. The van der Waals surface area contributed by atoms with Crippen LogP contribution in [0.3, 0.4) is 0 Å². The Hall–Kier alpha value is -0.150. The average Bonchev–Trinajstić information content (AvgIpc) is 3.21. The molecule has 1 unspecified atom stereocenters. The lowest BCUT2D eigenvalue weighted by atomic mass is 9.49. The largest absolute Gasteiger partial charge is 0.390 e. The second kappa shape index (κ2) is 5.92. The molecule has 5 aliphatic carbocycles. The van der Waals surface area contributed by atoms with E-state index < -0.39 is 12.8 Å². The molecule has 0 aromatic rings. The highest BCUT2D eigenvalue weighted by Gasteiger charge is 2.65. The van der Waals surface area contributed by atoms with Gasteiger partial charge in [0.2, 0.25) is 0 Å². The Kier molecular flexibility index (Phi) is 4.08. The van der Waals surface area contributed by atoms with Crippen molar-refractivity contribution in [3.05, 3.63) is 0 Å². The van der Waals surface area contributed by atoms with Crippen LogP contribution < -0.4 is 0 Å². The second-order valence-electron chi connectivity index (χ2n) is 11.1. The molecule has 148 valence electrons. The second-order valence-corrected chi connectivity index (χ2v) is 11.1. The third kappa shape index (κ3) is 2.35. The SMILES string of the molecule is C[C@H]([C@H](O)CF)[C@H]1CC[C@H]2[C@@H]3CC[C@@H]4C5C[C@@]5(O)CC[C@@H]4[C@H]3CC[C@]12C. The van der Waals surface area contributed by atoms with Crippen molar-refractivity contribution in [3.8, 4) is 0 Å². The van der Waals surface area contributed by atoms with Crippen molar-refractivity contribution in [1.29, 1.82) is 0 Å². The lowest BCUT2D eigenvalue weighted by molar-refractivity contribution is -0.0908. The third-order valence-corrected chi connectivity index (χ3v) is 10.4. The van der Waals surface area contributed by atoms with Crippen molar-refractivity contribution in [3.63, 3.8) is 0 Å². The highest BCUT2D eigenvalue weighted by Crippen LogP contribution is 2.69. The summed E-state index contributed by atoms with van der Waals surface area (Å²) < 4.78 is 13.1. The predicted molar refractivity (Wildman–Crippen MR) is 100 cm³/mol. The van der Waals surface area contributed by atoms with Gasteiger partial charge in [0.15, 0.2) is 0 Å². The Balaban J connectivity index is 1.35. The first-order chi connectivity index (χ1) is 12.4. The summed E-state index contributed by atoms with van der Waals surface area (Å²) in [4.78, 5) is 0. The number of aliphatic hydroxyl groups is 2.